The molecule has 0 bridgehead atoms. The average molecular weight is 350 g/mol. The van der Waals surface area contributed by atoms with Crippen molar-refractivity contribution < 1.29 is 9.90 Å². The Labute approximate surface area is 151 Å². The second-order valence-electron chi connectivity index (χ2n) is 6.95. The zero-order valence-electron chi connectivity index (χ0n) is 14.5. The molecule has 1 aliphatic carbocycles. The number of amides is 1. The van der Waals surface area contributed by atoms with Crippen molar-refractivity contribution in [3.63, 3.8) is 0 Å². The van der Waals surface area contributed by atoms with Crippen LogP contribution in [0.1, 0.15) is 18.5 Å². The molecular formula is C20H22N4O2. The van der Waals surface area contributed by atoms with Crippen LogP contribution in [0.5, 0.6) is 0 Å². The third-order valence-electron chi connectivity index (χ3n) is 5.06. The van der Waals surface area contributed by atoms with Gasteiger partial charge in [-0.15, -0.1) is 0 Å². The predicted octanol–water partition coefficient (Wildman–Crippen LogP) is 1.93. The lowest BCUT2D eigenvalue weighted by molar-refractivity contribution is -0.123. The number of aliphatic hydroxyl groups excluding tert-OH is 1. The van der Waals surface area contributed by atoms with Crippen molar-refractivity contribution in [3.8, 4) is 0 Å². The van der Waals surface area contributed by atoms with Gasteiger partial charge in [-0.1, -0.05) is 18.2 Å². The molecule has 4 rings (SSSR count). The van der Waals surface area contributed by atoms with Crippen LogP contribution in [0.2, 0.25) is 0 Å². The topological polar surface area (TPSA) is 80.0 Å². The van der Waals surface area contributed by atoms with E-state index in [0.29, 0.717) is 6.42 Å². The summed E-state index contributed by atoms with van der Waals surface area (Å²) in [6.45, 7) is 0.231. The Hall–Kier alpha value is -2.73. The fourth-order valence-electron chi connectivity index (χ4n) is 3.58. The summed E-state index contributed by atoms with van der Waals surface area (Å²) >= 11 is 0. The van der Waals surface area contributed by atoms with Crippen LogP contribution >= 0.6 is 0 Å². The number of benzene rings is 1. The highest BCUT2D eigenvalue weighted by molar-refractivity contribution is 5.80. The number of carbonyl (C=O) groups excluding carboxylic acids is 1. The maximum atomic E-state index is 12.6. The number of aromatic nitrogens is 3. The van der Waals surface area contributed by atoms with Crippen LogP contribution in [0.4, 0.5) is 0 Å². The summed E-state index contributed by atoms with van der Waals surface area (Å²) in [7, 11) is 0. The summed E-state index contributed by atoms with van der Waals surface area (Å²) in [5, 5.41) is 12.8. The minimum absolute atomic E-state index is 0.0180. The van der Waals surface area contributed by atoms with E-state index in [2.05, 4.69) is 15.3 Å². The molecular weight excluding hydrogens is 328 g/mol. The summed E-state index contributed by atoms with van der Waals surface area (Å²) in [5.74, 6) is 0.242. The molecule has 1 atom stereocenters. The van der Waals surface area contributed by atoms with Crippen molar-refractivity contribution in [1.29, 1.82) is 0 Å². The first kappa shape index (κ1) is 16.7. The van der Waals surface area contributed by atoms with Gasteiger partial charge in [-0.2, -0.15) is 0 Å². The van der Waals surface area contributed by atoms with Gasteiger partial charge in [-0.3, -0.25) is 9.78 Å². The van der Waals surface area contributed by atoms with Crippen LogP contribution in [0, 0.1) is 5.92 Å². The van der Waals surface area contributed by atoms with E-state index >= 15 is 0 Å². The number of carbonyl (C=O) groups is 1. The van der Waals surface area contributed by atoms with Gasteiger partial charge in [0.1, 0.15) is 6.54 Å². The monoisotopic (exact) mass is 350 g/mol. The van der Waals surface area contributed by atoms with Gasteiger partial charge < -0.3 is 15.0 Å². The number of hydrogen-bond donors (Lipinski definition) is 2. The lowest BCUT2D eigenvalue weighted by atomic mass is 9.76. The molecule has 134 valence electrons. The fraction of sp³-hybridized carbons (Fsp3) is 0.350. The lowest BCUT2D eigenvalue weighted by Crippen LogP contribution is -2.49. The molecule has 6 nitrogen and oxygen atoms in total. The molecule has 0 spiro atoms. The SMILES string of the molecule is O=C(Cn1cnc2ccccc21)N[C@H](Cc1ccccn1)C1CC(O)C1. The van der Waals surface area contributed by atoms with Crippen LogP contribution in [0.3, 0.4) is 0 Å². The zero-order chi connectivity index (χ0) is 17.9. The highest BCUT2D eigenvalue weighted by Crippen LogP contribution is 2.31. The normalized spacial score (nSPS) is 20.5. The standard InChI is InChI=1S/C20H22N4O2/c25-16-9-14(10-16)18(11-15-5-3-4-8-21-15)23-20(26)12-24-13-22-17-6-1-2-7-19(17)24/h1-8,13-14,16,18,25H,9-12H2,(H,23,26)/t14?,16?,18-/m1/s1. The van der Waals surface area contributed by atoms with Gasteiger partial charge in [0.15, 0.2) is 0 Å². The number of rotatable bonds is 6. The molecule has 6 heteroatoms. The fourth-order valence-corrected chi connectivity index (χ4v) is 3.58. The van der Waals surface area contributed by atoms with Crippen molar-refractivity contribution in [1.82, 2.24) is 19.9 Å². The summed E-state index contributed by atoms with van der Waals surface area (Å²) < 4.78 is 1.86. The van der Waals surface area contributed by atoms with Gasteiger partial charge in [0.25, 0.3) is 0 Å². The predicted molar refractivity (Wildman–Crippen MR) is 98.3 cm³/mol. The second kappa shape index (κ2) is 7.25. The van der Waals surface area contributed by atoms with Crippen molar-refractivity contribution in [2.24, 2.45) is 5.92 Å². The molecule has 26 heavy (non-hydrogen) atoms. The van der Waals surface area contributed by atoms with E-state index in [4.69, 9.17) is 0 Å². The molecule has 1 amide bonds. The Bertz CT molecular complexity index is 887. The van der Waals surface area contributed by atoms with Gasteiger partial charge in [0, 0.05) is 24.4 Å². The second-order valence-corrected chi connectivity index (χ2v) is 6.95. The molecule has 1 aliphatic rings. The van der Waals surface area contributed by atoms with Gasteiger partial charge >= 0.3 is 0 Å². The summed E-state index contributed by atoms with van der Waals surface area (Å²) in [5.41, 5.74) is 2.78. The number of hydrogen-bond acceptors (Lipinski definition) is 4. The molecule has 0 radical (unpaired) electrons. The van der Waals surface area contributed by atoms with Gasteiger partial charge in [0.05, 0.1) is 23.5 Å². The number of fused-ring (bicyclic) bond motifs is 1. The van der Waals surface area contributed by atoms with E-state index in [1.54, 1.807) is 12.5 Å². The smallest absolute Gasteiger partial charge is 0.240 e. The number of imidazole rings is 1. The van der Waals surface area contributed by atoms with Gasteiger partial charge in [-0.25, -0.2) is 4.98 Å². The molecule has 2 aromatic heterocycles. The third kappa shape index (κ3) is 3.60. The molecule has 2 heterocycles. The van der Waals surface area contributed by atoms with Crippen molar-refractivity contribution in [3.05, 3.63) is 60.7 Å². The van der Waals surface area contributed by atoms with Crippen molar-refractivity contribution in [2.45, 2.75) is 38.0 Å². The summed E-state index contributed by atoms with van der Waals surface area (Å²) in [6, 6.07) is 13.6. The minimum Gasteiger partial charge on any atom is -0.393 e. The minimum atomic E-state index is -0.249. The Kier molecular flexibility index (Phi) is 4.67. The number of nitrogens with zero attached hydrogens (tertiary/aromatic N) is 3. The van der Waals surface area contributed by atoms with Crippen LogP contribution in [-0.4, -0.2) is 37.7 Å². The van der Waals surface area contributed by atoms with Gasteiger partial charge in [-0.05, 0) is 43.0 Å². The molecule has 1 saturated carbocycles. The van der Waals surface area contributed by atoms with E-state index in [-0.39, 0.29) is 30.5 Å². The van der Waals surface area contributed by atoms with Crippen LogP contribution in [0.15, 0.2) is 55.0 Å². The summed E-state index contributed by atoms with van der Waals surface area (Å²) in [4.78, 5) is 21.3. The largest absolute Gasteiger partial charge is 0.393 e. The molecule has 0 saturated heterocycles. The molecule has 0 unspecified atom stereocenters. The van der Waals surface area contributed by atoms with Gasteiger partial charge in [0.2, 0.25) is 5.91 Å². The van der Waals surface area contributed by atoms with Crippen LogP contribution in [-0.2, 0) is 17.8 Å². The molecule has 3 aromatic rings. The van der Waals surface area contributed by atoms with E-state index in [1.807, 2.05) is 47.0 Å². The quantitative estimate of drug-likeness (QED) is 0.712. The van der Waals surface area contributed by atoms with E-state index < -0.39 is 0 Å². The van der Waals surface area contributed by atoms with E-state index in [0.717, 1.165) is 29.6 Å². The number of aliphatic hydroxyl groups is 1. The van der Waals surface area contributed by atoms with Crippen LogP contribution in [0.25, 0.3) is 11.0 Å². The first-order valence-corrected chi connectivity index (χ1v) is 8.96. The molecule has 1 fully saturated rings. The maximum absolute atomic E-state index is 12.6. The van der Waals surface area contributed by atoms with Crippen molar-refractivity contribution >= 4 is 16.9 Å². The Morgan fingerprint density at radius 1 is 1.19 bits per heavy atom. The number of para-hydroxylation sites is 2. The first-order valence-electron chi connectivity index (χ1n) is 8.96. The zero-order valence-corrected chi connectivity index (χ0v) is 14.5. The number of pyridine rings is 1. The van der Waals surface area contributed by atoms with E-state index in [9.17, 15) is 9.90 Å². The third-order valence-corrected chi connectivity index (χ3v) is 5.06. The first-order chi connectivity index (χ1) is 12.7. The highest BCUT2D eigenvalue weighted by Gasteiger charge is 2.35. The Morgan fingerprint density at radius 2 is 2.00 bits per heavy atom. The maximum Gasteiger partial charge on any atom is 0.240 e. The lowest BCUT2D eigenvalue weighted by Gasteiger charge is -2.38. The van der Waals surface area contributed by atoms with E-state index in [1.165, 1.54) is 0 Å². The molecule has 2 N–H and O–H groups in total. The Balaban J connectivity index is 1.45. The van der Waals surface area contributed by atoms with Crippen molar-refractivity contribution in [2.75, 3.05) is 0 Å². The highest BCUT2D eigenvalue weighted by atomic mass is 16.3. The van der Waals surface area contributed by atoms with Crippen LogP contribution < -0.4 is 5.32 Å². The number of nitrogens with one attached hydrogen (secondary N) is 1. The summed E-state index contributed by atoms with van der Waals surface area (Å²) in [6.07, 6.45) is 5.35. The molecule has 1 aromatic carbocycles. The average Bonchev–Trinajstić information content (AvgIpc) is 3.02. The molecule has 0 aliphatic heterocycles. The Morgan fingerprint density at radius 3 is 2.77 bits per heavy atom.